The van der Waals surface area contributed by atoms with E-state index in [2.05, 4.69) is 17.0 Å². The Kier molecular flexibility index (Phi) is 5.75. The van der Waals surface area contributed by atoms with Crippen molar-refractivity contribution in [3.8, 4) is 5.75 Å². The highest BCUT2D eigenvalue weighted by molar-refractivity contribution is 5.30. The zero-order chi connectivity index (χ0) is 15.1. The average Bonchev–Trinajstić information content (AvgIpc) is 2.97. The quantitative estimate of drug-likeness (QED) is 0.794. The molecular formula is C16H19F2NO2. The molecule has 5 heteroatoms. The van der Waals surface area contributed by atoms with E-state index >= 15 is 0 Å². The third-order valence-corrected chi connectivity index (χ3v) is 3.13. The summed E-state index contributed by atoms with van der Waals surface area (Å²) in [6, 6.07) is 10.6. The summed E-state index contributed by atoms with van der Waals surface area (Å²) in [6.07, 6.45) is 3.37. The second-order valence-corrected chi connectivity index (χ2v) is 4.74. The summed E-state index contributed by atoms with van der Waals surface area (Å²) in [5.41, 5.74) is 1.02. The Morgan fingerprint density at radius 3 is 2.52 bits per heavy atom. The van der Waals surface area contributed by atoms with Gasteiger partial charge in [0, 0.05) is 12.5 Å². The molecule has 0 aliphatic rings. The molecule has 114 valence electrons. The van der Waals surface area contributed by atoms with Crippen molar-refractivity contribution in [2.75, 3.05) is 6.54 Å². The fourth-order valence-corrected chi connectivity index (χ4v) is 2.14. The van der Waals surface area contributed by atoms with Crippen molar-refractivity contribution < 1.29 is 17.9 Å². The van der Waals surface area contributed by atoms with Crippen LogP contribution in [-0.2, 0) is 6.42 Å². The predicted molar refractivity (Wildman–Crippen MR) is 76.5 cm³/mol. The molecule has 1 aromatic heterocycles. The van der Waals surface area contributed by atoms with Crippen molar-refractivity contribution in [2.24, 2.45) is 0 Å². The van der Waals surface area contributed by atoms with E-state index < -0.39 is 6.61 Å². The van der Waals surface area contributed by atoms with E-state index in [-0.39, 0.29) is 11.8 Å². The Balaban J connectivity index is 2.08. The maximum atomic E-state index is 12.2. The van der Waals surface area contributed by atoms with Crippen LogP contribution in [0.5, 0.6) is 5.75 Å². The van der Waals surface area contributed by atoms with E-state index in [1.54, 1.807) is 30.5 Å². The van der Waals surface area contributed by atoms with Gasteiger partial charge in [-0.15, -0.1) is 0 Å². The first-order valence-electron chi connectivity index (χ1n) is 6.99. The van der Waals surface area contributed by atoms with Gasteiger partial charge in [-0.3, -0.25) is 0 Å². The third kappa shape index (κ3) is 4.86. The lowest BCUT2D eigenvalue weighted by atomic mass is 10.0. The number of halogens is 2. The molecule has 1 heterocycles. The van der Waals surface area contributed by atoms with Gasteiger partial charge in [-0.1, -0.05) is 19.1 Å². The van der Waals surface area contributed by atoms with Gasteiger partial charge >= 0.3 is 6.61 Å². The Morgan fingerprint density at radius 1 is 1.19 bits per heavy atom. The summed E-state index contributed by atoms with van der Waals surface area (Å²) in [6.45, 7) is 0.171. The number of alkyl halides is 2. The lowest BCUT2D eigenvalue weighted by Crippen LogP contribution is -2.24. The summed E-state index contributed by atoms with van der Waals surface area (Å²) < 4.78 is 34.0. The highest BCUT2D eigenvalue weighted by Crippen LogP contribution is 2.22. The third-order valence-electron chi connectivity index (χ3n) is 3.13. The second-order valence-electron chi connectivity index (χ2n) is 4.74. The molecule has 3 nitrogen and oxygen atoms in total. The summed E-state index contributed by atoms with van der Waals surface area (Å²) in [7, 11) is 0. The number of furan rings is 1. The van der Waals surface area contributed by atoms with Crippen LogP contribution < -0.4 is 10.1 Å². The van der Waals surface area contributed by atoms with Crippen molar-refractivity contribution in [3.05, 3.63) is 54.0 Å². The molecule has 2 rings (SSSR count). The highest BCUT2D eigenvalue weighted by Gasteiger charge is 2.14. The molecule has 0 fully saturated rings. The Bertz CT molecular complexity index is 512. The van der Waals surface area contributed by atoms with Crippen LogP contribution in [0.15, 0.2) is 47.1 Å². The number of hydrogen-bond donors (Lipinski definition) is 1. The topological polar surface area (TPSA) is 34.4 Å². The summed E-state index contributed by atoms with van der Waals surface area (Å²) in [5.74, 6) is 1.05. The lowest BCUT2D eigenvalue weighted by Gasteiger charge is -2.18. The molecule has 0 aliphatic heterocycles. The first-order valence-corrected chi connectivity index (χ1v) is 6.99. The van der Waals surface area contributed by atoms with Gasteiger partial charge in [-0.2, -0.15) is 8.78 Å². The number of rotatable bonds is 8. The lowest BCUT2D eigenvalue weighted by molar-refractivity contribution is -0.0498. The highest BCUT2D eigenvalue weighted by atomic mass is 19.3. The zero-order valence-corrected chi connectivity index (χ0v) is 11.9. The fourth-order valence-electron chi connectivity index (χ4n) is 2.14. The molecule has 0 amide bonds. The standard InChI is InChI=1S/C16H19F2NO2/c1-2-9-19-15(11-14-4-3-10-20-14)12-5-7-13(8-6-12)21-16(17)18/h3-8,10,15-16,19H,2,9,11H2,1H3. The number of nitrogens with one attached hydrogen (secondary N) is 1. The molecule has 1 aromatic carbocycles. The maximum absolute atomic E-state index is 12.2. The van der Waals surface area contributed by atoms with Gasteiger partial charge in [0.25, 0.3) is 0 Å². The molecule has 0 bridgehead atoms. The van der Waals surface area contributed by atoms with Crippen LogP contribution in [0.25, 0.3) is 0 Å². The molecule has 1 N–H and O–H groups in total. The number of hydrogen-bond acceptors (Lipinski definition) is 3. The van der Waals surface area contributed by atoms with E-state index in [0.29, 0.717) is 6.42 Å². The minimum absolute atomic E-state index is 0.0803. The Morgan fingerprint density at radius 2 is 1.95 bits per heavy atom. The molecule has 2 aromatic rings. The van der Waals surface area contributed by atoms with E-state index in [1.807, 2.05) is 12.1 Å². The molecule has 0 aliphatic carbocycles. The SMILES string of the molecule is CCCNC(Cc1ccco1)c1ccc(OC(F)F)cc1. The van der Waals surface area contributed by atoms with Crippen molar-refractivity contribution in [2.45, 2.75) is 32.4 Å². The van der Waals surface area contributed by atoms with Crippen LogP contribution in [0.3, 0.4) is 0 Å². The van der Waals surface area contributed by atoms with Crippen LogP contribution >= 0.6 is 0 Å². The van der Waals surface area contributed by atoms with Gasteiger partial charge in [0.15, 0.2) is 0 Å². The van der Waals surface area contributed by atoms with Crippen LogP contribution in [-0.4, -0.2) is 13.2 Å². The molecule has 0 radical (unpaired) electrons. The molecule has 1 unspecified atom stereocenters. The Labute approximate surface area is 122 Å². The number of ether oxygens (including phenoxy) is 1. The van der Waals surface area contributed by atoms with Gasteiger partial charge in [0.05, 0.1) is 6.26 Å². The molecular weight excluding hydrogens is 276 g/mol. The van der Waals surface area contributed by atoms with Gasteiger partial charge in [0.2, 0.25) is 0 Å². The largest absolute Gasteiger partial charge is 0.469 e. The molecule has 0 spiro atoms. The zero-order valence-electron chi connectivity index (χ0n) is 11.9. The summed E-state index contributed by atoms with van der Waals surface area (Å²) in [4.78, 5) is 0. The summed E-state index contributed by atoms with van der Waals surface area (Å²) >= 11 is 0. The predicted octanol–water partition coefficient (Wildman–Crippen LogP) is 4.16. The maximum Gasteiger partial charge on any atom is 0.387 e. The van der Waals surface area contributed by atoms with Gasteiger partial charge in [0.1, 0.15) is 11.5 Å². The molecule has 1 atom stereocenters. The molecule has 21 heavy (non-hydrogen) atoms. The smallest absolute Gasteiger partial charge is 0.387 e. The first-order chi connectivity index (χ1) is 10.2. The van der Waals surface area contributed by atoms with Crippen molar-refractivity contribution in [1.82, 2.24) is 5.32 Å². The van der Waals surface area contributed by atoms with E-state index in [4.69, 9.17) is 4.42 Å². The monoisotopic (exact) mass is 295 g/mol. The van der Waals surface area contributed by atoms with E-state index in [0.717, 1.165) is 24.3 Å². The molecule has 0 saturated heterocycles. The minimum Gasteiger partial charge on any atom is -0.469 e. The van der Waals surface area contributed by atoms with Crippen molar-refractivity contribution in [1.29, 1.82) is 0 Å². The number of benzene rings is 1. The van der Waals surface area contributed by atoms with Gasteiger partial charge in [-0.25, -0.2) is 0 Å². The van der Waals surface area contributed by atoms with E-state index in [9.17, 15) is 8.78 Å². The van der Waals surface area contributed by atoms with Gasteiger partial charge in [-0.05, 0) is 42.8 Å². The van der Waals surface area contributed by atoms with Crippen LogP contribution in [0.4, 0.5) is 8.78 Å². The molecule has 0 saturated carbocycles. The van der Waals surface area contributed by atoms with Crippen molar-refractivity contribution >= 4 is 0 Å². The second kappa shape index (κ2) is 7.78. The van der Waals surface area contributed by atoms with Crippen molar-refractivity contribution in [3.63, 3.8) is 0 Å². The first kappa shape index (κ1) is 15.5. The van der Waals surface area contributed by atoms with Crippen LogP contribution in [0.1, 0.15) is 30.7 Å². The average molecular weight is 295 g/mol. The van der Waals surface area contributed by atoms with Crippen LogP contribution in [0, 0.1) is 0 Å². The summed E-state index contributed by atoms with van der Waals surface area (Å²) in [5, 5.41) is 3.44. The van der Waals surface area contributed by atoms with Crippen LogP contribution in [0.2, 0.25) is 0 Å². The normalized spacial score (nSPS) is 12.6. The van der Waals surface area contributed by atoms with E-state index in [1.165, 1.54) is 0 Å². The fraction of sp³-hybridized carbons (Fsp3) is 0.375. The van der Waals surface area contributed by atoms with Gasteiger partial charge < -0.3 is 14.5 Å². The minimum atomic E-state index is -2.80. The Hall–Kier alpha value is -1.88.